The first kappa shape index (κ1) is 28.2. The Bertz CT molecular complexity index is 1070. The van der Waals surface area contributed by atoms with E-state index < -0.39 is 23.8 Å². The first-order valence-electron chi connectivity index (χ1n) is 11.4. The number of esters is 1. The van der Waals surface area contributed by atoms with E-state index in [9.17, 15) is 14.4 Å². The number of carbonyl (C=O) groups is 3. The van der Waals surface area contributed by atoms with E-state index in [4.69, 9.17) is 14.2 Å². The summed E-state index contributed by atoms with van der Waals surface area (Å²) in [6.45, 7) is 5.33. The highest BCUT2D eigenvalue weighted by atomic mass is 16.6. The van der Waals surface area contributed by atoms with Crippen LogP contribution in [0.5, 0.6) is 17.2 Å². The lowest BCUT2D eigenvalue weighted by molar-refractivity contribution is -0.143. The average molecular weight is 500 g/mol. The number of aryl methyl sites for hydroxylation is 1. The minimum atomic E-state index is -0.779. The SMILES string of the molecule is COC(=O)COc1ccc(/C=N\NC(=O)[C@@H](CC(C)C)NC(=O)COc2ccccc2C)cc1OC. The molecule has 0 fully saturated rings. The van der Waals surface area contributed by atoms with Gasteiger partial charge in [0.2, 0.25) is 0 Å². The number of ether oxygens (including phenoxy) is 4. The number of hydrazone groups is 1. The van der Waals surface area contributed by atoms with Crippen molar-refractivity contribution in [1.29, 1.82) is 0 Å². The number of benzene rings is 2. The van der Waals surface area contributed by atoms with Gasteiger partial charge in [0.1, 0.15) is 11.8 Å². The first-order chi connectivity index (χ1) is 17.2. The van der Waals surface area contributed by atoms with Crippen molar-refractivity contribution in [2.45, 2.75) is 33.2 Å². The zero-order chi connectivity index (χ0) is 26.5. The molecule has 2 aromatic carbocycles. The number of nitrogens with one attached hydrogen (secondary N) is 2. The zero-order valence-electron chi connectivity index (χ0n) is 21.2. The van der Waals surface area contributed by atoms with Crippen LogP contribution in [0.2, 0.25) is 0 Å². The quantitative estimate of drug-likeness (QED) is 0.247. The van der Waals surface area contributed by atoms with E-state index in [0.29, 0.717) is 29.2 Å². The van der Waals surface area contributed by atoms with E-state index in [0.717, 1.165) is 5.56 Å². The van der Waals surface area contributed by atoms with Crippen LogP contribution in [0.4, 0.5) is 0 Å². The second-order valence-electron chi connectivity index (χ2n) is 8.31. The molecular weight excluding hydrogens is 466 g/mol. The standard InChI is InChI=1S/C26H33N3O7/c1-17(2)12-20(28-24(30)15-35-21-9-7-6-8-18(21)3)26(32)29-27-14-19-10-11-22(23(13-19)33-4)36-16-25(31)34-5/h6-11,13-14,17,20H,12,15-16H2,1-5H3,(H,28,30)(H,29,32)/b27-14-/t20-/m1/s1. The van der Waals surface area contributed by atoms with Gasteiger partial charge in [0.25, 0.3) is 11.8 Å². The Hall–Kier alpha value is -4.08. The van der Waals surface area contributed by atoms with Crippen LogP contribution in [0.1, 0.15) is 31.4 Å². The summed E-state index contributed by atoms with van der Waals surface area (Å²) in [4.78, 5) is 36.4. The third kappa shape index (κ3) is 9.28. The average Bonchev–Trinajstić information content (AvgIpc) is 2.86. The van der Waals surface area contributed by atoms with Crippen molar-refractivity contribution in [3.05, 3.63) is 53.6 Å². The smallest absolute Gasteiger partial charge is 0.343 e. The predicted octanol–water partition coefficient (Wildman–Crippen LogP) is 2.62. The van der Waals surface area contributed by atoms with Gasteiger partial charge < -0.3 is 24.3 Å². The molecule has 0 saturated carbocycles. The molecule has 0 aliphatic rings. The molecule has 194 valence electrons. The van der Waals surface area contributed by atoms with Gasteiger partial charge in [-0.15, -0.1) is 0 Å². The molecule has 0 aliphatic heterocycles. The van der Waals surface area contributed by atoms with Crippen molar-refractivity contribution < 1.29 is 33.3 Å². The lowest BCUT2D eigenvalue weighted by atomic mass is 10.0. The Kier molecular flexibility index (Phi) is 11.2. The normalized spacial score (nSPS) is 11.6. The van der Waals surface area contributed by atoms with Crippen LogP contribution >= 0.6 is 0 Å². The molecule has 2 N–H and O–H groups in total. The highest BCUT2D eigenvalue weighted by Gasteiger charge is 2.22. The number of amides is 2. The molecule has 0 spiro atoms. The maximum Gasteiger partial charge on any atom is 0.343 e. The molecule has 0 aromatic heterocycles. The molecule has 0 aliphatic carbocycles. The van der Waals surface area contributed by atoms with Gasteiger partial charge in [-0.1, -0.05) is 32.0 Å². The van der Waals surface area contributed by atoms with E-state index in [-0.39, 0.29) is 19.1 Å². The Balaban J connectivity index is 1.96. The maximum atomic E-state index is 12.7. The second kappa shape index (κ2) is 14.3. The maximum absolute atomic E-state index is 12.7. The molecule has 2 rings (SSSR count). The number of nitrogens with zero attached hydrogens (tertiary/aromatic N) is 1. The van der Waals surface area contributed by atoms with Gasteiger partial charge in [0.15, 0.2) is 24.7 Å². The number of para-hydroxylation sites is 1. The molecular formula is C26H33N3O7. The summed E-state index contributed by atoms with van der Waals surface area (Å²) < 4.78 is 20.8. The number of methoxy groups -OCH3 is 2. The fourth-order valence-electron chi connectivity index (χ4n) is 3.13. The summed E-state index contributed by atoms with van der Waals surface area (Å²) >= 11 is 0. The van der Waals surface area contributed by atoms with Crippen LogP contribution < -0.4 is 25.0 Å². The van der Waals surface area contributed by atoms with Crippen LogP contribution in [0.3, 0.4) is 0 Å². The van der Waals surface area contributed by atoms with Crippen molar-refractivity contribution in [3.63, 3.8) is 0 Å². The minimum Gasteiger partial charge on any atom is -0.493 e. The van der Waals surface area contributed by atoms with Gasteiger partial charge in [-0.05, 0) is 54.7 Å². The van der Waals surface area contributed by atoms with E-state index in [1.807, 2.05) is 39.0 Å². The Morgan fingerprint density at radius 1 is 0.972 bits per heavy atom. The van der Waals surface area contributed by atoms with Crippen LogP contribution in [-0.4, -0.2) is 57.5 Å². The topological polar surface area (TPSA) is 125 Å². The summed E-state index contributed by atoms with van der Waals surface area (Å²) in [5, 5.41) is 6.71. The zero-order valence-corrected chi connectivity index (χ0v) is 21.2. The number of rotatable bonds is 13. The van der Waals surface area contributed by atoms with Crippen molar-refractivity contribution in [1.82, 2.24) is 10.7 Å². The molecule has 0 radical (unpaired) electrons. The van der Waals surface area contributed by atoms with Crippen LogP contribution in [-0.2, 0) is 19.1 Å². The van der Waals surface area contributed by atoms with Gasteiger partial charge in [-0.25, -0.2) is 10.2 Å². The van der Waals surface area contributed by atoms with Gasteiger partial charge in [0.05, 0.1) is 20.4 Å². The number of carbonyl (C=O) groups excluding carboxylic acids is 3. The highest BCUT2D eigenvalue weighted by molar-refractivity contribution is 5.89. The van der Waals surface area contributed by atoms with E-state index in [1.165, 1.54) is 20.4 Å². The fourth-order valence-corrected chi connectivity index (χ4v) is 3.13. The van der Waals surface area contributed by atoms with Crippen molar-refractivity contribution in [2.24, 2.45) is 11.0 Å². The summed E-state index contributed by atoms with van der Waals surface area (Å²) in [5.41, 5.74) is 4.00. The van der Waals surface area contributed by atoms with E-state index >= 15 is 0 Å². The Labute approximate surface area is 211 Å². The van der Waals surface area contributed by atoms with Crippen molar-refractivity contribution in [2.75, 3.05) is 27.4 Å². The Morgan fingerprint density at radius 2 is 1.69 bits per heavy atom. The molecule has 0 saturated heterocycles. The van der Waals surface area contributed by atoms with Gasteiger partial charge in [0, 0.05) is 0 Å². The largest absolute Gasteiger partial charge is 0.493 e. The summed E-state index contributed by atoms with van der Waals surface area (Å²) in [5.74, 6) is 0.132. The van der Waals surface area contributed by atoms with Gasteiger partial charge in [-0.2, -0.15) is 5.10 Å². The molecule has 0 heterocycles. The lowest BCUT2D eigenvalue weighted by Gasteiger charge is -2.19. The van der Waals surface area contributed by atoms with E-state index in [2.05, 4.69) is 20.6 Å². The summed E-state index contributed by atoms with van der Waals surface area (Å²) in [6.07, 6.45) is 1.86. The van der Waals surface area contributed by atoms with E-state index in [1.54, 1.807) is 24.3 Å². The molecule has 10 nitrogen and oxygen atoms in total. The van der Waals surface area contributed by atoms with Crippen LogP contribution in [0.25, 0.3) is 0 Å². The molecule has 0 bridgehead atoms. The van der Waals surface area contributed by atoms with Crippen LogP contribution in [0.15, 0.2) is 47.6 Å². The summed E-state index contributed by atoms with van der Waals surface area (Å²) in [6, 6.07) is 11.5. The van der Waals surface area contributed by atoms with Crippen molar-refractivity contribution >= 4 is 24.0 Å². The molecule has 0 unspecified atom stereocenters. The predicted molar refractivity (Wildman–Crippen MR) is 134 cm³/mol. The molecule has 10 heteroatoms. The number of hydrogen-bond acceptors (Lipinski definition) is 8. The minimum absolute atomic E-state index is 0.157. The first-order valence-corrected chi connectivity index (χ1v) is 11.4. The number of hydrogen-bond donors (Lipinski definition) is 2. The third-order valence-electron chi connectivity index (χ3n) is 4.96. The van der Waals surface area contributed by atoms with Crippen molar-refractivity contribution in [3.8, 4) is 17.2 Å². The van der Waals surface area contributed by atoms with Crippen LogP contribution in [0, 0.1) is 12.8 Å². The molecule has 36 heavy (non-hydrogen) atoms. The monoisotopic (exact) mass is 499 g/mol. The molecule has 2 aromatic rings. The second-order valence-corrected chi connectivity index (χ2v) is 8.31. The molecule has 1 atom stereocenters. The molecule has 2 amide bonds. The Morgan fingerprint density at radius 3 is 2.36 bits per heavy atom. The van der Waals surface area contributed by atoms with Gasteiger partial charge >= 0.3 is 5.97 Å². The third-order valence-corrected chi connectivity index (χ3v) is 4.96. The van der Waals surface area contributed by atoms with Gasteiger partial charge in [-0.3, -0.25) is 9.59 Å². The highest BCUT2D eigenvalue weighted by Crippen LogP contribution is 2.27. The fraction of sp³-hybridized carbons (Fsp3) is 0.385. The lowest BCUT2D eigenvalue weighted by Crippen LogP contribution is -2.47. The summed E-state index contributed by atoms with van der Waals surface area (Å²) in [7, 11) is 2.73.